The van der Waals surface area contributed by atoms with E-state index in [1.165, 1.54) is 21.9 Å². The van der Waals surface area contributed by atoms with Crippen molar-refractivity contribution in [2.24, 2.45) is 0 Å². The number of aromatic nitrogens is 2. The second-order valence-corrected chi connectivity index (χ2v) is 18.3. The third-order valence-electron chi connectivity index (χ3n) is 8.84. The molecule has 0 amide bonds. The van der Waals surface area contributed by atoms with E-state index in [4.69, 9.17) is 9.97 Å². The van der Waals surface area contributed by atoms with Gasteiger partial charge in [0.05, 0.1) is 25.1 Å². The lowest BCUT2D eigenvalue weighted by atomic mass is 9.99. The van der Waals surface area contributed by atoms with Crippen molar-refractivity contribution in [3.63, 3.8) is 0 Å². The third-order valence-corrected chi connectivity index (χ3v) is 10.9. The van der Waals surface area contributed by atoms with E-state index in [9.17, 15) is 0 Å². The Bertz CT molecular complexity index is 2190. The maximum absolute atomic E-state index is 4.90. The first-order valence-electron chi connectivity index (χ1n) is 16.5. The Labute approximate surface area is 285 Å². The number of hydrogen-bond acceptors (Lipinski definition) is 3. The summed E-state index contributed by atoms with van der Waals surface area (Å²) in [7, 11) is -1.51. The van der Waals surface area contributed by atoms with Crippen LogP contribution in [0.25, 0.3) is 44.8 Å². The van der Waals surface area contributed by atoms with E-state index in [1.807, 2.05) is 12.4 Å². The Hall–Kier alpha value is -5.58. The normalized spacial score (nSPS) is 11.3. The predicted molar refractivity (Wildman–Crippen MR) is 206 cm³/mol. The SMILES string of the molecule is Cc1cnc(-c2cccc(N(c3cccc(-c4cc([Si](C)(C)C)ccn4)c3)c3ccccc3-c3ccccc3)c2)cc1-c1ccccc1. The Balaban J connectivity index is 1.39. The van der Waals surface area contributed by atoms with E-state index in [0.29, 0.717) is 0 Å². The lowest BCUT2D eigenvalue weighted by Crippen LogP contribution is -2.37. The molecule has 0 atom stereocenters. The molecule has 0 N–H and O–H groups in total. The van der Waals surface area contributed by atoms with Gasteiger partial charge in [-0.1, -0.05) is 128 Å². The zero-order valence-electron chi connectivity index (χ0n) is 27.9. The summed E-state index contributed by atoms with van der Waals surface area (Å²) in [4.78, 5) is 12.1. The average Bonchev–Trinajstić information content (AvgIpc) is 3.13. The first-order valence-corrected chi connectivity index (χ1v) is 20.0. The number of benzene rings is 5. The first kappa shape index (κ1) is 31.0. The van der Waals surface area contributed by atoms with Crippen LogP contribution in [-0.4, -0.2) is 18.0 Å². The van der Waals surface area contributed by atoms with Crippen LogP contribution in [0.1, 0.15) is 5.56 Å². The summed E-state index contributed by atoms with van der Waals surface area (Å²) in [5.41, 5.74) is 13.2. The Morgan fingerprint density at radius 1 is 0.479 bits per heavy atom. The molecule has 7 aromatic rings. The van der Waals surface area contributed by atoms with Crippen LogP contribution in [0.4, 0.5) is 17.1 Å². The number of pyridine rings is 2. The average molecular weight is 638 g/mol. The van der Waals surface area contributed by atoms with Gasteiger partial charge >= 0.3 is 0 Å². The van der Waals surface area contributed by atoms with Gasteiger partial charge in [0.2, 0.25) is 0 Å². The lowest BCUT2D eigenvalue weighted by Gasteiger charge is -2.28. The molecule has 0 saturated carbocycles. The molecule has 0 spiro atoms. The third kappa shape index (κ3) is 6.48. The van der Waals surface area contributed by atoms with Gasteiger partial charge in [-0.25, -0.2) is 0 Å². The summed E-state index contributed by atoms with van der Waals surface area (Å²) in [6.07, 6.45) is 3.94. The topological polar surface area (TPSA) is 29.0 Å². The monoisotopic (exact) mass is 637 g/mol. The van der Waals surface area contributed by atoms with Crippen LogP contribution in [0.3, 0.4) is 0 Å². The van der Waals surface area contributed by atoms with Crippen LogP contribution in [-0.2, 0) is 0 Å². The minimum absolute atomic E-state index is 0.943. The highest BCUT2D eigenvalue weighted by atomic mass is 28.3. The zero-order valence-corrected chi connectivity index (χ0v) is 28.9. The summed E-state index contributed by atoms with van der Waals surface area (Å²) in [5, 5.41) is 1.40. The van der Waals surface area contributed by atoms with Gasteiger partial charge in [0.1, 0.15) is 0 Å². The number of hydrogen-bond donors (Lipinski definition) is 0. The van der Waals surface area contributed by atoms with Crippen molar-refractivity contribution < 1.29 is 0 Å². The zero-order chi connectivity index (χ0) is 33.1. The van der Waals surface area contributed by atoms with E-state index in [2.05, 4.69) is 183 Å². The van der Waals surface area contributed by atoms with E-state index < -0.39 is 8.07 Å². The van der Waals surface area contributed by atoms with E-state index in [1.54, 1.807) is 0 Å². The van der Waals surface area contributed by atoms with Crippen molar-refractivity contribution in [3.05, 3.63) is 170 Å². The molecule has 0 bridgehead atoms. The van der Waals surface area contributed by atoms with Gasteiger partial charge in [0.15, 0.2) is 0 Å². The fourth-order valence-electron chi connectivity index (χ4n) is 6.23. The molecule has 0 aliphatic heterocycles. The molecule has 0 saturated heterocycles. The molecule has 2 heterocycles. The number of rotatable bonds is 8. The maximum atomic E-state index is 4.90. The Morgan fingerprint density at radius 3 is 1.65 bits per heavy atom. The van der Waals surface area contributed by atoms with Crippen molar-refractivity contribution in [1.82, 2.24) is 9.97 Å². The summed E-state index contributed by atoms with van der Waals surface area (Å²) in [6, 6.07) is 54.0. The van der Waals surface area contributed by atoms with Crippen LogP contribution in [0.5, 0.6) is 0 Å². The molecule has 234 valence electrons. The predicted octanol–water partition coefficient (Wildman–Crippen LogP) is 11.5. The van der Waals surface area contributed by atoms with Crippen molar-refractivity contribution >= 4 is 30.3 Å². The summed E-state index contributed by atoms with van der Waals surface area (Å²) in [5.74, 6) is 0. The molecular formula is C44H39N3Si. The maximum Gasteiger partial charge on any atom is 0.0777 e. The van der Waals surface area contributed by atoms with Crippen molar-refractivity contribution in [3.8, 4) is 44.8 Å². The quantitative estimate of drug-likeness (QED) is 0.155. The molecule has 0 radical (unpaired) electrons. The van der Waals surface area contributed by atoms with Crippen molar-refractivity contribution in [2.75, 3.05) is 4.90 Å². The fourth-order valence-corrected chi connectivity index (χ4v) is 7.38. The molecule has 5 aromatic carbocycles. The Kier molecular flexibility index (Phi) is 8.58. The van der Waals surface area contributed by atoms with Crippen LogP contribution in [0.15, 0.2) is 164 Å². The largest absolute Gasteiger partial charge is 0.310 e. The number of aryl methyl sites for hydroxylation is 1. The van der Waals surface area contributed by atoms with Gasteiger partial charge in [-0.05, 0) is 77.7 Å². The standard InChI is InChI=1S/C44H39N3Si/c1-32-31-46-43(30-41(32)34-17-9-6-10-18-34)36-20-14-22-38(28-36)47(44-24-12-11-23-40(44)33-15-7-5-8-16-33)37-21-13-19-35(27-37)42-29-39(25-26-45-42)48(2,3)4/h5-31H,1-4H3. The molecule has 7 rings (SSSR count). The van der Waals surface area contributed by atoms with Gasteiger partial charge in [0.25, 0.3) is 0 Å². The second-order valence-electron chi connectivity index (χ2n) is 13.2. The van der Waals surface area contributed by atoms with Crippen LogP contribution < -0.4 is 10.1 Å². The van der Waals surface area contributed by atoms with Crippen LogP contribution in [0, 0.1) is 6.92 Å². The summed E-state index contributed by atoms with van der Waals surface area (Å²) >= 11 is 0. The highest BCUT2D eigenvalue weighted by Gasteiger charge is 2.20. The van der Waals surface area contributed by atoms with Gasteiger partial charge in [0, 0.05) is 40.5 Å². The minimum atomic E-state index is -1.51. The van der Waals surface area contributed by atoms with Crippen LogP contribution >= 0.6 is 0 Å². The molecule has 0 aliphatic carbocycles. The van der Waals surface area contributed by atoms with E-state index >= 15 is 0 Å². The minimum Gasteiger partial charge on any atom is -0.310 e. The molecule has 4 heteroatoms. The number of anilines is 3. The van der Waals surface area contributed by atoms with Crippen molar-refractivity contribution in [2.45, 2.75) is 26.6 Å². The smallest absolute Gasteiger partial charge is 0.0777 e. The van der Waals surface area contributed by atoms with Crippen molar-refractivity contribution in [1.29, 1.82) is 0 Å². The van der Waals surface area contributed by atoms with Crippen LogP contribution in [0.2, 0.25) is 19.6 Å². The highest BCUT2D eigenvalue weighted by molar-refractivity contribution is 6.88. The van der Waals surface area contributed by atoms with E-state index in [0.717, 1.165) is 50.7 Å². The fraction of sp³-hybridized carbons (Fsp3) is 0.0909. The first-order chi connectivity index (χ1) is 23.3. The lowest BCUT2D eigenvalue weighted by molar-refractivity contribution is 1.25. The molecule has 0 unspecified atom stereocenters. The van der Waals surface area contributed by atoms with E-state index in [-0.39, 0.29) is 0 Å². The molecule has 0 aliphatic rings. The molecular weight excluding hydrogens is 599 g/mol. The second kappa shape index (κ2) is 13.3. The van der Waals surface area contributed by atoms with Gasteiger partial charge in [-0.15, -0.1) is 0 Å². The molecule has 48 heavy (non-hydrogen) atoms. The van der Waals surface area contributed by atoms with Gasteiger partial charge in [-0.2, -0.15) is 0 Å². The Morgan fingerprint density at radius 2 is 1.02 bits per heavy atom. The summed E-state index contributed by atoms with van der Waals surface area (Å²) in [6.45, 7) is 9.26. The molecule has 2 aromatic heterocycles. The van der Waals surface area contributed by atoms with Gasteiger partial charge < -0.3 is 4.90 Å². The highest BCUT2D eigenvalue weighted by Crippen LogP contribution is 2.42. The number of nitrogens with zero attached hydrogens (tertiary/aromatic N) is 3. The molecule has 3 nitrogen and oxygen atoms in total. The molecule has 0 fully saturated rings. The summed E-state index contributed by atoms with van der Waals surface area (Å²) < 4.78 is 0. The van der Waals surface area contributed by atoms with Gasteiger partial charge in [-0.3, -0.25) is 9.97 Å². The number of para-hydroxylation sites is 1.